The molecule has 2 rings (SSSR count). The summed E-state index contributed by atoms with van der Waals surface area (Å²) in [5, 5.41) is 22.9. The molecule has 8 nitrogen and oxygen atoms in total. The van der Waals surface area contributed by atoms with Crippen molar-refractivity contribution in [2.75, 3.05) is 17.5 Å². The van der Waals surface area contributed by atoms with Crippen molar-refractivity contribution in [1.82, 2.24) is 5.32 Å². The van der Waals surface area contributed by atoms with Gasteiger partial charge in [-0.05, 0) is 67.2 Å². The fraction of sp³-hybridized carbons (Fsp3) is 0.519. The van der Waals surface area contributed by atoms with E-state index in [-0.39, 0.29) is 34.5 Å². The Kier molecular flexibility index (Phi) is 9.62. The monoisotopic (exact) mass is 550 g/mol. The van der Waals surface area contributed by atoms with Crippen LogP contribution in [0.3, 0.4) is 0 Å². The molecule has 37 heavy (non-hydrogen) atoms. The Bertz CT molecular complexity index is 1210. The number of nitrogens with one attached hydrogen (secondary N) is 2. The smallest absolute Gasteiger partial charge is 0.307 e. The zero-order valence-corrected chi connectivity index (χ0v) is 25.0. The second kappa shape index (κ2) is 11.5. The normalized spacial score (nSPS) is 13.8. The molecule has 0 fully saturated rings. The van der Waals surface area contributed by atoms with Crippen molar-refractivity contribution in [2.24, 2.45) is 0 Å². The lowest BCUT2D eigenvalue weighted by atomic mass is 9.93. The molecular formula is C27H42N2O6SSi. The van der Waals surface area contributed by atoms with E-state index >= 15 is 0 Å². The Morgan fingerprint density at radius 2 is 1.68 bits per heavy atom. The van der Waals surface area contributed by atoms with Crippen molar-refractivity contribution >= 4 is 30.0 Å². The average Bonchev–Trinajstić information content (AvgIpc) is 2.70. The maximum Gasteiger partial charge on any atom is 0.307 e. The van der Waals surface area contributed by atoms with Gasteiger partial charge in [0.1, 0.15) is 5.75 Å². The van der Waals surface area contributed by atoms with E-state index in [1.165, 1.54) is 6.07 Å². The van der Waals surface area contributed by atoms with Crippen LogP contribution in [-0.4, -0.2) is 51.3 Å². The second-order valence-corrected chi connectivity index (χ2v) is 18.4. The number of benzene rings is 2. The molecule has 0 aliphatic rings. The first-order chi connectivity index (χ1) is 16.8. The summed E-state index contributed by atoms with van der Waals surface area (Å²) in [4.78, 5) is 11.1. The number of anilines is 1. The molecule has 0 aliphatic carbocycles. The van der Waals surface area contributed by atoms with Gasteiger partial charge < -0.3 is 20.0 Å². The average molecular weight is 551 g/mol. The molecule has 206 valence electrons. The van der Waals surface area contributed by atoms with Crippen molar-refractivity contribution in [3.63, 3.8) is 0 Å². The fourth-order valence-electron chi connectivity index (χ4n) is 3.76. The molecule has 1 atom stereocenters. The molecule has 0 saturated heterocycles. The van der Waals surface area contributed by atoms with E-state index < -0.39 is 24.3 Å². The van der Waals surface area contributed by atoms with E-state index in [0.717, 1.165) is 22.9 Å². The lowest BCUT2D eigenvalue weighted by Gasteiger charge is -2.40. The molecule has 0 unspecified atom stereocenters. The number of aliphatic carboxylic acids is 1. The van der Waals surface area contributed by atoms with E-state index in [1.807, 2.05) is 24.3 Å². The third-order valence-corrected chi connectivity index (χ3v) is 11.8. The van der Waals surface area contributed by atoms with Gasteiger partial charge >= 0.3 is 5.97 Å². The number of carbonyl (C=O) groups is 1. The zero-order valence-electron chi connectivity index (χ0n) is 23.2. The van der Waals surface area contributed by atoms with Gasteiger partial charge in [-0.2, -0.15) is 0 Å². The van der Waals surface area contributed by atoms with Gasteiger partial charge in [-0.3, -0.25) is 9.52 Å². The first kappa shape index (κ1) is 30.8. The van der Waals surface area contributed by atoms with Gasteiger partial charge in [-0.15, -0.1) is 0 Å². The van der Waals surface area contributed by atoms with Crippen LogP contribution in [0.1, 0.15) is 57.4 Å². The fourth-order valence-corrected chi connectivity index (χ4v) is 5.61. The number of phenolic OH excluding ortho intramolecular Hbond substituents is 1. The second-order valence-electron chi connectivity index (χ2n) is 11.8. The van der Waals surface area contributed by atoms with Crippen LogP contribution in [0.5, 0.6) is 5.75 Å². The molecule has 2 aromatic rings. The minimum Gasteiger partial charge on any atom is -0.506 e. The summed E-state index contributed by atoms with van der Waals surface area (Å²) in [5.74, 6) is -1.02. The van der Waals surface area contributed by atoms with Crippen LogP contribution in [0.2, 0.25) is 18.1 Å². The van der Waals surface area contributed by atoms with Gasteiger partial charge in [-0.1, -0.05) is 51.1 Å². The van der Waals surface area contributed by atoms with E-state index in [2.05, 4.69) is 57.8 Å². The van der Waals surface area contributed by atoms with Crippen molar-refractivity contribution < 1.29 is 27.9 Å². The molecule has 0 amide bonds. The van der Waals surface area contributed by atoms with E-state index in [0.29, 0.717) is 13.0 Å². The molecule has 4 N–H and O–H groups in total. The maximum atomic E-state index is 11.8. The summed E-state index contributed by atoms with van der Waals surface area (Å²) in [7, 11) is -5.80. The van der Waals surface area contributed by atoms with Gasteiger partial charge in [0.25, 0.3) is 0 Å². The van der Waals surface area contributed by atoms with Gasteiger partial charge in [0, 0.05) is 12.1 Å². The number of carboxylic acids is 1. The van der Waals surface area contributed by atoms with Crippen LogP contribution in [0.25, 0.3) is 0 Å². The van der Waals surface area contributed by atoms with Crippen LogP contribution in [-0.2, 0) is 32.1 Å². The largest absolute Gasteiger partial charge is 0.506 e. The van der Waals surface area contributed by atoms with E-state index in [1.54, 1.807) is 12.1 Å². The number of sulfonamides is 1. The Balaban J connectivity index is 2.32. The number of carboxylic acid groups (broad SMARTS) is 1. The number of aromatic hydroxyl groups is 1. The Morgan fingerprint density at radius 3 is 2.24 bits per heavy atom. The van der Waals surface area contributed by atoms with Crippen LogP contribution < -0.4 is 10.0 Å². The number of phenols is 1. The van der Waals surface area contributed by atoms with Gasteiger partial charge in [-0.25, -0.2) is 8.42 Å². The van der Waals surface area contributed by atoms with Crippen molar-refractivity contribution in [3.05, 3.63) is 59.2 Å². The molecule has 0 heterocycles. The number of hydrogen-bond acceptors (Lipinski definition) is 6. The highest BCUT2D eigenvalue weighted by Crippen LogP contribution is 2.40. The Hall–Kier alpha value is -2.40. The quantitative estimate of drug-likeness (QED) is 0.215. The number of hydrogen-bond donors (Lipinski definition) is 4. The summed E-state index contributed by atoms with van der Waals surface area (Å²) in [6.45, 7) is 15.4. The Labute approximate surface area is 222 Å². The highest BCUT2D eigenvalue weighted by Gasteiger charge is 2.40. The first-order valence-electron chi connectivity index (χ1n) is 12.3. The standard InChI is InChI=1S/C27H42N2O6SSi/c1-26(2,3)37(7,8)35-24(21-12-13-23(30)22(16-21)29-36(6,33)34)18-28-27(4,5)17-20-11-9-10-19(14-20)15-25(31)32/h9-14,16,24,28-30H,15,17-18H2,1-8H3,(H,31,32)/t24-/m0/s1. The van der Waals surface area contributed by atoms with Crippen molar-refractivity contribution in [1.29, 1.82) is 0 Å². The molecule has 0 radical (unpaired) electrons. The van der Waals surface area contributed by atoms with Crippen LogP contribution in [0.15, 0.2) is 42.5 Å². The molecule has 0 aliphatic heterocycles. The van der Waals surface area contributed by atoms with Gasteiger partial charge in [0.2, 0.25) is 10.0 Å². The lowest BCUT2D eigenvalue weighted by molar-refractivity contribution is -0.136. The molecular weight excluding hydrogens is 508 g/mol. The third kappa shape index (κ3) is 9.77. The maximum absolute atomic E-state index is 11.8. The minimum absolute atomic E-state index is 0.0190. The molecule has 2 aromatic carbocycles. The van der Waals surface area contributed by atoms with Crippen LogP contribution in [0.4, 0.5) is 5.69 Å². The molecule has 0 spiro atoms. The summed E-state index contributed by atoms with van der Waals surface area (Å²) >= 11 is 0. The molecule has 0 bridgehead atoms. The van der Waals surface area contributed by atoms with Crippen molar-refractivity contribution in [3.8, 4) is 5.75 Å². The highest BCUT2D eigenvalue weighted by molar-refractivity contribution is 7.92. The Morgan fingerprint density at radius 1 is 1.05 bits per heavy atom. The predicted molar refractivity (Wildman–Crippen MR) is 151 cm³/mol. The van der Waals surface area contributed by atoms with Crippen LogP contribution >= 0.6 is 0 Å². The topological polar surface area (TPSA) is 125 Å². The van der Waals surface area contributed by atoms with Gasteiger partial charge in [0.15, 0.2) is 8.32 Å². The van der Waals surface area contributed by atoms with Crippen LogP contribution in [0, 0.1) is 0 Å². The first-order valence-corrected chi connectivity index (χ1v) is 17.1. The van der Waals surface area contributed by atoms with Crippen molar-refractivity contribution in [2.45, 2.75) is 77.2 Å². The third-order valence-electron chi connectivity index (χ3n) is 6.69. The van der Waals surface area contributed by atoms with E-state index in [9.17, 15) is 18.3 Å². The summed E-state index contributed by atoms with van der Waals surface area (Å²) in [6, 6.07) is 12.5. The predicted octanol–water partition coefficient (Wildman–Crippen LogP) is 5.06. The summed E-state index contributed by atoms with van der Waals surface area (Å²) < 4.78 is 32.8. The molecule has 0 saturated carbocycles. The van der Waals surface area contributed by atoms with Gasteiger partial charge in [0.05, 0.1) is 24.5 Å². The minimum atomic E-state index is -3.58. The SMILES string of the molecule is CC(C)(Cc1cccc(CC(=O)O)c1)NC[C@H](O[Si](C)(C)C(C)(C)C)c1ccc(O)c(NS(C)(=O)=O)c1. The number of rotatable bonds is 12. The summed E-state index contributed by atoms with van der Waals surface area (Å²) in [6.07, 6.45) is 1.30. The van der Waals surface area contributed by atoms with E-state index in [4.69, 9.17) is 9.53 Å². The highest BCUT2D eigenvalue weighted by atomic mass is 32.2. The molecule has 0 aromatic heterocycles. The molecule has 10 heteroatoms. The zero-order chi connectivity index (χ0) is 28.2. The lowest BCUT2D eigenvalue weighted by Crippen LogP contribution is -2.47. The summed E-state index contributed by atoms with van der Waals surface area (Å²) in [5.41, 5.74) is 2.30.